The van der Waals surface area contributed by atoms with E-state index >= 15 is 0 Å². The van der Waals surface area contributed by atoms with E-state index in [0.717, 1.165) is 58.0 Å². The van der Waals surface area contributed by atoms with Crippen molar-refractivity contribution < 1.29 is 8.42 Å². The molecule has 0 unspecified atom stereocenters. The summed E-state index contributed by atoms with van der Waals surface area (Å²) < 4.78 is 32.9. The van der Waals surface area contributed by atoms with Crippen LogP contribution in [0.1, 0.15) is 31.7 Å². The van der Waals surface area contributed by atoms with Gasteiger partial charge in [-0.05, 0) is 74.6 Å². The summed E-state index contributed by atoms with van der Waals surface area (Å²) in [5.74, 6) is 0.841. The highest BCUT2D eigenvalue weighted by atomic mass is 35.5. The van der Waals surface area contributed by atoms with Crippen LogP contribution in [0.2, 0.25) is 5.02 Å². The Labute approximate surface area is 231 Å². The van der Waals surface area contributed by atoms with Crippen molar-refractivity contribution in [3.63, 3.8) is 0 Å². The number of benzene rings is 2. The minimum Gasteiger partial charge on any atom is -0.385 e. The summed E-state index contributed by atoms with van der Waals surface area (Å²) in [7, 11) is -3.98. The fourth-order valence-corrected chi connectivity index (χ4v) is 6.49. The number of rotatable bonds is 11. The molecule has 5 rings (SSSR count). The normalized spacial score (nSPS) is 15.1. The van der Waals surface area contributed by atoms with Crippen LogP contribution in [0.3, 0.4) is 0 Å². The number of likely N-dealkylation sites (tertiary alicyclic amines) is 1. The number of anilines is 3. The van der Waals surface area contributed by atoms with Crippen LogP contribution < -0.4 is 15.4 Å². The van der Waals surface area contributed by atoms with Crippen molar-refractivity contribution in [1.82, 2.24) is 23.4 Å². The lowest BCUT2D eigenvalue weighted by molar-refractivity contribution is 0.192. The Morgan fingerprint density at radius 3 is 2.76 bits per heavy atom. The average molecular weight is 575 g/mol. The van der Waals surface area contributed by atoms with E-state index in [1.54, 1.807) is 18.3 Å². The van der Waals surface area contributed by atoms with Gasteiger partial charge < -0.3 is 15.5 Å². The van der Waals surface area contributed by atoms with E-state index < -0.39 is 10.2 Å². The molecule has 1 aliphatic rings. The molecule has 13 heteroatoms. The molecule has 0 atom stereocenters. The molecule has 38 heavy (non-hydrogen) atoms. The predicted octanol–water partition coefficient (Wildman–Crippen LogP) is 4.89. The first-order valence-corrected chi connectivity index (χ1v) is 15.2. The van der Waals surface area contributed by atoms with Crippen molar-refractivity contribution >= 4 is 60.8 Å². The zero-order valence-electron chi connectivity index (χ0n) is 21.1. The highest BCUT2D eigenvalue weighted by molar-refractivity contribution is 7.91. The number of hydrogen-bond acceptors (Lipinski definition) is 9. The number of piperidine rings is 1. The average Bonchev–Trinajstić information content (AvgIpc) is 3.57. The van der Waals surface area contributed by atoms with Crippen LogP contribution in [0.4, 0.5) is 16.5 Å². The minimum absolute atomic E-state index is 0.177. The lowest BCUT2D eigenvalue weighted by Gasteiger charge is -2.30. The van der Waals surface area contributed by atoms with E-state index in [1.165, 1.54) is 32.3 Å². The van der Waals surface area contributed by atoms with Crippen molar-refractivity contribution in [2.75, 3.05) is 41.5 Å². The van der Waals surface area contributed by atoms with Crippen molar-refractivity contribution in [1.29, 1.82) is 0 Å². The van der Waals surface area contributed by atoms with Gasteiger partial charge >= 0.3 is 10.2 Å². The molecule has 0 bridgehead atoms. The molecule has 3 heterocycles. The molecule has 3 N–H and O–H groups in total. The molecule has 202 valence electrons. The van der Waals surface area contributed by atoms with E-state index in [9.17, 15) is 8.42 Å². The second kappa shape index (κ2) is 11.9. The van der Waals surface area contributed by atoms with Crippen molar-refractivity contribution in [3.8, 4) is 0 Å². The van der Waals surface area contributed by atoms with Crippen LogP contribution in [0.15, 0.2) is 48.9 Å². The molecule has 4 aromatic rings. The summed E-state index contributed by atoms with van der Waals surface area (Å²) in [6.07, 6.45) is 6.47. The Kier molecular flexibility index (Phi) is 8.32. The monoisotopic (exact) mass is 574 g/mol. The Balaban J connectivity index is 1.24. The van der Waals surface area contributed by atoms with E-state index in [0.29, 0.717) is 22.5 Å². The first kappa shape index (κ1) is 26.7. The second-order valence-electron chi connectivity index (χ2n) is 9.54. The van der Waals surface area contributed by atoms with Gasteiger partial charge in [0.25, 0.3) is 0 Å². The molecular weight excluding hydrogens is 544 g/mol. The summed E-state index contributed by atoms with van der Waals surface area (Å²) in [6, 6.07) is 11.2. The molecular formula is C25H31ClN8O2S2. The fraction of sp³-hybridized carbons (Fsp3) is 0.400. The van der Waals surface area contributed by atoms with E-state index in [1.807, 2.05) is 24.3 Å². The van der Waals surface area contributed by atoms with Crippen LogP contribution in [0, 0.1) is 5.92 Å². The Bertz CT molecular complexity index is 1470. The molecule has 2 aromatic carbocycles. The minimum atomic E-state index is -3.98. The maximum atomic E-state index is 12.9. The lowest BCUT2D eigenvalue weighted by Crippen LogP contribution is -2.34. The van der Waals surface area contributed by atoms with Gasteiger partial charge in [0.05, 0.1) is 11.7 Å². The largest absolute Gasteiger partial charge is 0.385 e. The lowest BCUT2D eigenvalue weighted by atomic mass is 9.99. The van der Waals surface area contributed by atoms with Crippen LogP contribution in [-0.2, 0) is 16.8 Å². The maximum Gasteiger partial charge on any atom is 0.345 e. The van der Waals surface area contributed by atoms with Gasteiger partial charge in [-0.15, -0.1) is 4.09 Å². The van der Waals surface area contributed by atoms with Gasteiger partial charge in [-0.1, -0.05) is 30.7 Å². The summed E-state index contributed by atoms with van der Waals surface area (Å²) in [5.41, 5.74) is 3.29. The van der Waals surface area contributed by atoms with Crippen molar-refractivity contribution in [2.24, 2.45) is 5.92 Å². The van der Waals surface area contributed by atoms with Crippen LogP contribution >= 0.6 is 23.1 Å². The molecule has 0 spiro atoms. The standard InChI is InChI=1S/C25H31ClN8O2S2/c1-18-8-12-33(13-9-18)11-3-10-27-23-14-20(26)7-6-19(23)15-28-22-4-2-5-24-21(22)16-30-34(24)38(35,36)32-25-29-17-31-37-25/h2,4-7,14,16-18,27-28H,3,8-13,15H2,1H3,(H,29,31,32). The number of aromatic nitrogens is 4. The van der Waals surface area contributed by atoms with Crippen molar-refractivity contribution in [3.05, 3.63) is 59.5 Å². The molecule has 0 amide bonds. The first-order valence-electron chi connectivity index (χ1n) is 12.6. The Morgan fingerprint density at radius 1 is 1.13 bits per heavy atom. The quantitative estimate of drug-likeness (QED) is 0.217. The zero-order valence-corrected chi connectivity index (χ0v) is 23.5. The smallest absolute Gasteiger partial charge is 0.345 e. The highest BCUT2D eigenvalue weighted by Gasteiger charge is 2.20. The summed E-state index contributed by atoms with van der Waals surface area (Å²) in [4.78, 5) is 6.43. The number of nitrogens with zero attached hydrogens (tertiary/aromatic N) is 5. The number of halogens is 1. The van der Waals surface area contributed by atoms with Crippen molar-refractivity contribution in [2.45, 2.75) is 32.7 Å². The van der Waals surface area contributed by atoms with Crippen LogP contribution in [0.25, 0.3) is 10.9 Å². The molecule has 2 aromatic heterocycles. The molecule has 1 aliphatic heterocycles. The van der Waals surface area contributed by atoms with Gasteiger partial charge in [0.2, 0.25) is 5.13 Å². The second-order valence-corrected chi connectivity index (χ2v) is 12.3. The zero-order chi connectivity index (χ0) is 26.5. The molecule has 0 aliphatic carbocycles. The summed E-state index contributed by atoms with van der Waals surface area (Å²) in [5, 5.41) is 12.7. The van der Waals surface area contributed by atoms with E-state index in [-0.39, 0.29) is 5.13 Å². The molecule has 1 saturated heterocycles. The van der Waals surface area contributed by atoms with E-state index in [2.05, 4.69) is 41.6 Å². The highest BCUT2D eigenvalue weighted by Crippen LogP contribution is 2.27. The van der Waals surface area contributed by atoms with Gasteiger partial charge in [0.1, 0.15) is 6.33 Å². The maximum absolute atomic E-state index is 12.9. The van der Waals surface area contributed by atoms with Gasteiger partial charge in [-0.3, -0.25) is 0 Å². The summed E-state index contributed by atoms with van der Waals surface area (Å²) >= 11 is 7.26. The first-order chi connectivity index (χ1) is 18.4. The molecule has 0 radical (unpaired) electrons. The molecule has 1 fully saturated rings. The fourth-order valence-electron chi connectivity index (χ4n) is 4.61. The van der Waals surface area contributed by atoms with Crippen LogP contribution in [0.5, 0.6) is 0 Å². The predicted molar refractivity (Wildman–Crippen MR) is 154 cm³/mol. The van der Waals surface area contributed by atoms with Gasteiger partial charge in [-0.2, -0.15) is 17.9 Å². The number of hydrogen-bond donors (Lipinski definition) is 3. The summed E-state index contributed by atoms with van der Waals surface area (Å²) in [6.45, 7) is 7.20. The topological polar surface area (TPSA) is 117 Å². The SMILES string of the molecule is CC1CCN(CCCNc2cc(Cl)ccc2CNc2cccc3c2cnn3S(=O)(=O)Nc2ncns2)CC1. The van der Waals surface area contributed by atoms with Gasteiger partial charge in [0.15, 0.2) is 0 Å². The Hall–Kier alpha value is -2.93. The molecule has 10 nitrogen and oxygen atoms in total. The third-order valence-electron chi connectivity index (χ3n) is 6.77. The Morgan fingerprint density at radius 2 is 1.97 bits per heavy atom. The number of fused-ring (bicyclic) bond motifs is 1. The third-order valence-corrected chi connectivity index (χ3v) is 8.91. The number of nitrogens with one attached hydrogen (secondary N) is 3. The van der Waals surface area contributed by atoms with Gasteiger partial charge in [-0.25, -0.2) is 9.71 Å². The molecule has 0 saturated carbocycles. The van der Waals surface area contributed by atoms with E-state index in [4.69, 9.17) is 11.6 Å². The van der Waals surface area contributed by atoms with Gasteiger partial charge in [0, 0.05) is 46.4 Å². The third kappa shape index (κ3) is 6.37. The van der Waals surface area contributed by atoms with Crippen LogP contribution in [-0.4, -0.2) is 58.0 Å².